The van der Waals surface area contributed by atoms with Gasteiger partial charge in [0.25, 0.3) is 0 Å². The quantitative estimate of drug-likeness (QED) is 0.714. The summed E-state index contributed by atoms with van der Waals surface area (Å²) in [4.78, 5) is 0. The Labute approximate surface area is 114 Å². The third-order valence-corrected chi connectivity index (χ3v) is 2.90. The maximum Gasteiger partial charge on any atom is 0.375 e. The molecule has 19 heavy (non-hydrogen) atoms. The molecule has 0 bridgehead atoms. The van der Waals surface area contributed by atoms with Crippen molar-refractivity contribution in [2.45, 2.75) is 18.5 Å². The van der Waals surface area contributed by atoms with E-state index in [0.29, 0.717) is 0 Å². The van der Waals surface area contributed by atoms with Gasteiger partial charge in [-0.1, -0.05) is 23.2 Å². The minimum atomic E-state index is -4.81. The largest absolute Gasteiger partial charge is 0.484 e. The lowest BCUT2D eigenvalue weighted by Crippen LogP contribution is -2.53. The van der Waals surface area contributed by atoms with E-state index in [0.717, 1.165) is 0 Å². The lowest BCUT2D eigenvalue weighted by atomic mass is 9.96. The molecule has 2 rings (SSSR count). The van der Waals surface area contributed by atoms with E-state index in [1.165, 1.54) is 18.2 Å². The minimum absolute atomic E-state index is 0.214. The number of benzene rings is 1. The molecular weight excluding hydrogens is 314 g/mol. The van der Waals surface area contributed by atoms with Crippen LogP contribution < -0.4 is 0 Å². The Kier molecular flexibility index (Phi) is 3.43. The second kappa shape index (κ2) is 4.52. The van der Waals surface area contributed by atoms with Gasteiger partial charge in [-0.15, -0.1) is 0 Å². The van der Waals surface area contributed by atoms with Crippen molar-refractivity contribution in [2.24, 2.45) is 0 Å². The van der Waals surface area contributed by atoms with Crippen LogP contribution in [0.25, 0.3) is 0 Å². The average molecular weight is 319 g/mol. The molecule has 0 saturated carbocycles. The summed E-state index contributed by atoms with van der Waals surface area (Å²) in [5, 5.41) is 0.428. The van der Waals surface area contributed by atoms with Crippen molar-refractivity contribution in [3.8, 4) is 0 Å². The molecule has 0 fully saturated rings. The highest BCUT2D eigenvalue weighted by Crippen LogP contribution is 2.56. The fraction of sp³-hybridized carbons (Fsp3) is 0.273. The number of allylic oxidation sites excluding steroid dienone is 2. The van der Waals surface area contributed by atoms with Crippen LogP contribution in [0.1, 0.15) is 5.56 Å². The SMILES string of the molecule is FC1=C(OCc2cc(Cl)cc(Cl)c2)C(F)(F)C1(F)F. The lowest BCUT2D eigenvalue weighted by Gasteiger charge is -2.35. The zero-order valence-corrected chi connectivity index (χ0v) is 10.5. The number of hydrogen-bond acceptors (Lipinski definition) is 1. The second-order valence-corrected chi connectivity index (χ2v) is 4.73. The van der Waals surface area contributed by atoms with Crippen LogP contribution in [0, 0.1) is 0 Å². The lowest BCUT2D eigenvalue weighted by molar-refractivity contribution is -0.233. The Morgan fingerprint density at radius 2 is 1.47 bits per heavy atom. The van der Waals surface area contributed by atoms with Gasteiger partial charge >= 0.3 is 11.8 Å². The standard InChI is InChI=1S/C11H5Cl2F5O/c12-6-1-5(2-7(13)3-6)4-19-9-8(14)10(15,16)11(9,17)18/h1-3H,4H2. The molecule has 0 aliphatic heterocycles. The molecule has 8 heteroatoms. The molecule has 0 spiro atoms. The van der Waals surface area contributed by atoms with Crippen molar-refractivity contribution in [1.29, 1.82) is 0 Å². The van der Waals surface area contributed by atoms with Gasteiger partial charge in [-0.2, -0.15) is 17.6 Å². The zero-order chi connectivity index (χ0) is 14.4. The summed E-state index contributed by atoms with van der Waals surface area (Å²) in [5.41, 5.74) is 0.254. The monoisotopic (exact) mass is 318 g/mol. The van der Waals surface area contributed by atoms with Gasteiger partial charge in [0.1, 0.15) is 6.61 Å². The number of alkyl halides is 4. The molecule has 1 aliphatic rings. The van der Waals surface area contributed by atoms with Gasteiger partial charge in [-0.05, 0) is 23.8 Å². The maximum atomic E-state index is 12.9. The Morgan fingerprint density at radius 1 is 0.947 bits per heavy atom. The molecule has 104 valence electrons. The number of ether oxygens (including phenoxy) is 1. The highest BCUT2D eigenvalue weighted by atomic mass is 35.5. The molecule has 0 atom stereocenters. The molecule has 0 N–H and O–H groups in total. The first kappa shape index (κ1) is 14.4. The number of rotatable bonds is 3. The highest BCUT2D eigenvalue weighted by Gasteiger charge is 2.74. The third-order valence-electron chi connectivity index (χ3n) is 2.46. The van der Waals surface area contributed by atoms with Crippen LogP contribution in [0.3, 0.4) is 0 Å². The van der Waals surface area contributed by atoms with Gasteiger partial charge in [0, 0.05) is 10.0 Å². The van der Waals surface area contributed by atoms with Crippen LogP contribution in [0.15, 0.2) is 29.8 Å². The van der Waals surface area contributed by atoms with Crippen LogP contribution in [0.4, 0.5) is 22.0 Å². The van der Waals surface area contributed by atoms with Crippen LogP contribution in [0.5, 0.6) is 0 Å². The van der Waals surface area contributed by atoms with E-state index in [2.05, 4.69) is 4.74 Å². The first-order chi connectivity index (χ1) is 8.66. The average Bonchev–Trinajstić information content (AvgIpc) is 2.26. The van der Waals surface area contributed by atoms with E-state index in [1.807, 2.05) is 0 Å². The molecule has 0 heterocycles. The summed E-state index contributed by atoms with van der Waals surface area (Å²) < 4.78 is 67.9. The smallest absolute Gasteiger partial charge is 0.375 e. The predicted octanol–water partition coefficient (Wildman–Crippen LogP) is 4.98. The van der Waals surface area contributed by atoms with Gasteiger partial charge in [-0.3, -0.25) is 0 Å². The molecule has 0 radical (unpaired) electrons. The van der Waals surface area contributed by atoms with Gasteiger partial charge in [-0.25, -0.2) is 4.39 Å². The molecule has 1 aromatic rings. The van der Waals surface area contributed by atoms with E-state index >= 15 is 0 Å². The van der Waals surface area contributed by atoms with Crippen molar-refractivity contribution in [3.63, 3.8) is 0 Å². The summed E-state index contributed by atoms with van der Waals surface area (Å²) in [5.74, 6) is -13.4. The summed E-state index contributed by atoms with van der Waals surface area (Å²) >= 11 is 11.3. The minimum Gasteiger partial charge on any atom is -0.484 e. The van der Waals surface area contributed by atoms with Crippen molar-refractivity contribution in [2.75, 3.05) is 0 Å². The summed E-state index contributed by atoms with van der Waals surface area (Å²) in [6.45, 7) is -0.547. The first-order valence-electron chi connectivity index (χ1n) is 4.90. The molecule has 0 saturated heterocycles. The molecule has 0 unspecified atom stereocenters. The van der Waals surface area contributed by atoms with Crippen LogP contribution in [0.2, 0.25) is 10.0 Å². The normalized spacial score (nSPS) is 20.2. The highest BCUT2D eigenvalue weighted by molar-refractivity contribution is 6.34. The number of hydrogen-bond donors (Lipinski definition) is 0. The van der Waals surface area contributed by atoms with Crippen LogP contribution >= 0.6 is 23.2 Å². The molecule has 0 aromatic heterocycles. The predicted molar refractivity (Wildman–Crippen MR) is 59.3 cm³/mol. The topological polar surface area (TPSA) is 9.23 Å². The van der Waals surface area contributed by atoms with E-state index < -0.39 is 30.0 Å². The van der Waals surface area contributed by atoms with E-state index in [1.54, 1.807) is 0 Å². The third kappa shape index (κ3) is 2.27. The van der Waals surface area contributed by atoms with E-state index in [9.17, 15) is 22.0 Å². The molecule has 1 nitrogen and oxygen atoms in total. The fourth-order valence-corrected chi connectivity index (χ4v) is 2.07. The van der Waals surface area contributed by atoms with Crippen molar-refractivity contribution in [3.05, 3.63) is 45.4 Å². The molecule has 1 aliphatic carbocycles. The Bertz CT molecular complexity index is 536. The molecular formula is C11H5Cl2F5O. The van der Waals surface area contributed by atoms with Crippen LogP contribution in [-0.2, 0) is 11.3 Å². The summed E-state index contributed by atoms with van der Waals surface area (Å²) in [7, 11) is 0. The molecule has 0 amide bonds. The van der Waals surface area contributed by atoms with E-state index in [4.69, 9.17) is 23.2 Å². The van der Waals surface area contributed by atoms with Gasteiger partial charge < -0.3 is 4.74 Å². The number of halogens is 7. The first-order valence-corrected chi connectivity index (χ1v) is 5.66. The second-order valence-electron chi connectivity index (χ2n) is 3.86. The Balaban J connectivity index is 2.14. The maximum absolute atomic E-state index is 12.9. The zero-order valence-electron chi connectivity index (χ0n) is 8.99. The Morgan fingerprint density at radius 3 is 1.95 bits per heavy atom. The fourth-order valence-electron chi connectivity index (χ4n) is 1.50. The summed E-state index contributed by atoms with van der Waals surface area (Å²) in [6.07, 6.45) is 0. The van der Waals surface area contributed by atoms with Crippen molar-refractivity contribution in [1.82, 2.24) is 0 Å². The van der Waals surface area contributed by atoms with E-state index in [-0.39, 0.29) is 15.6 Å². The summed E-state index contributed by atoms with van der Waals surface area (Å²) in [6, 6.07) is 4.06. The van der Waals surface area contributed by atoms with Gasteiger partial charge in [0.15, 0.2) is 0 Å². The van der Waals surface area contributed by atoms with Gasteiger partial charge in [0.05, 0.1) is 0 Å². The molecule has 1 aromatic carbocycles. The Hall–Kier alpha value is -1.01. The van der Waals surface area contributed by atoms with Gasteiger partial charge in [0.2, 0.25) is 11.6 Å². The van der Waals surface area contributed by atoms with Crippen molar-refractivity contribution >= 4 is 23.2 Å². The van der Waals surface area contributed by atoms with Crippen molar-refractivity contribution < 1.29 is 26.7 Å². The van der Waals surface area contributed by atoms with Crippen LogP contribution in [-0.4, -0.2) is 11.8 Å².